The highest BCUT2D eigenvalue weighted by Gasteiger charge is 2.29. The van der Waals surface area contributed by atoms with Crippen molar-refractivity contribution in [3.8, 4) is 0 Å². The molecular weight excluding hydrogens is 444 g/mol. The summed E-state index contributed by atoms with van der Waals surface area (Å²) in [6, 6.07) is 16.3. The molecule has 1 aliphatic rings. The van der Waals surface area contributed by atoms with Crippen LogP contribution in [0.5, 0.6) is 0 Å². The van der Waals surface area contributed by atoms with E-state index in [-0.39, 0.29) is 16.7 Å². The molecule has 0 spiro atoms. The number of para-hydroxylation sites is 2. The van der Waals surface area contributed by atoms with Gasteiger partial charge in [0.2, 0.25) is 5.91 Å². The lowest BCUT2D eigenvalue weighted by Crippen LogP contribution is -2.41. The largest absolute Gasteiger partial charge is 0.311 e. The standard InChI is InChI=1S/C27H34N4O2S/c1-18(2)29(19(3)4)16-17-31-26(33)22-11-7-8-12-23(22)28-27(31)34-20(5)25(32)30-15-14-21-10-6-9-13-24(21)30/h6-13,18-20H,14-17H2,1-5H3. The zero-order valence-electron chi connectivity index (χ0n) is 20.7. The maximum atomic E-state index is 13.5. The molecule has 0 N–H and O–H groups in total. The summed E-state index contributed by atoms with van der Waals surface area (Å²) in [5.74, 6) is 0.0508. The van der Waals surface area contributed by atoms with Gasteiger partial charge in [0.25, 0.3) is 5.56 Å². The van der Waals surface area contributed by atoms with E-state index in [1.807, 2.05) is 54.3 Å². The van der Waals surface area contributed by atoms with Crippen molar-refractivity contribution in [1.29, 1.82) is 0 Å². The van der Waals surface area contributed by atoms with Crippen LogP contribution in [0.1, 0.15) is 40.2 Å². The number of anilines is 1. The van der Waals surface area contributed by atoms with Crippen LogP contribution in [-0.2, 0) is 17.8 Å². The second-order valence-electron chi connectivity index (χ2n) is 9.42. The monoisotopic (exact) mass is 478 g/mol. The summed E-state index contributed by atoms with van der Waals surface area (Å²) in [6.45, 7) is 12.6. The smallest absolute Gasteiger partial charge is 0.262 e. The van der Waals surface area contributed by atoms with Gasteiger partial charge in [-0.25, -0.2) is 4.98 Å². The minimum absolute atomic E-state index is 0.0493. The van der Waals surface area contributed by atoms with Gasteiger partial charge in [0, 0.05) is 37.4 Å². The first-order chi connectivity index (χ1) is 16.3. The van der Waals surface area contributed by atoms with Crippen molar-refractivity contribution in [3.05, 3.63) is 64.4 Å². The molecule has 4 rings (SSSR count). The molecule has 1 aliphatic heterocycles. The number of carbonyl (C=O) groups excluding carboxylic acids is 1. The van der Waals surface area contributed by atoms with Crippen LogP contribution in [0.3, 0.4) is 0 Å². The van der Waals surface area contributed by atoms with Crippen molar-refractivity contribution in [3.63, 3.8) is 0 Å². The molecule has 1 amide bonds. The Kier molecular flexibility index (Phi) is 7.43. The SMILES string of the molecule is CC(Sc1nc2ccccc2c(=O)n1CCN(C(C)C)C(C)C)C(=O)N1CCc2ccccc21. The molecule has 7 heteroatoms. The number of hydrogen-bond donors (Lipinski definition) is 0. The Balaban J connectivity index is 1.64. The first kappa shape index (κ1) is 24.5. The fourth-order valence-corrected chi connectivity index (χ4v) is 5.75. The quantitative estimate of drug-likeness (QED) is 0.350. The highest BCUT2D eigenvalue weighted by molar-refractivity contribution is 8.00. The molecule has 6 nitrogen and oxygen atoms in total. The Bertz CT molecular complexity index is 1230. The molecule has 1 atom stereocenters. The van der Waals surface area contributed by atoms with Crippen LogP contribution in [0.15, 0.2) is 58.5 Å². The molecule has 0 bridgehead atoms. The average Bonchev–Trinajstić information content (AvgIpc) is 3.24. The van der Waals surface area contributed by atoms with Crippen molar-refractivity contribution in [2.45, 2.75) is 70.1 Å². The van der Waals surface area contributed by atoms with E-state index >= 15 is 0 Å². The van der Waals surface area contributed by atoms with Crippen molar-refractivity contribution >= 4 is 34.3 Å². The molecule has 1 aromatic heterocycles. The van der Waals surface area contributed by atoms with Crippen LogP contribution in [0.25, 0.3) is 10.9 Å². The number of rotatable bonds is 8. The molecule has 0 saturated heterocycles. The summed E-state index contributed by atoms with van der Waals surface area (Å²) in [6.07, 6.45) is 0.873. The van der Waals surface area contributed by atoms with Crippen LogP contribution in [0, 0.1) is 0 Å². The van der Waals surface area contributed by atoms with Crippen LogP contribution in [0.4, 0.5) is 5.69 Å². The van der Waals surface area contributed by atoms with Crippen LogP contribution < -0.4 is 10.5 Å². The summed E-state index contributed by atoms with van der Waals surface area (Å²) < 4.78 is 1.76. The normalized spacial score (nSPS) is 14.4. The first-order valence-electron chi connectivity index (χ1n) is 12.1. The molecular formula is C27H34N4O2S. The molecule has 0 aliphatic carbocycles. The van der Waals surface area contributed by atoms with E-state index in [1.54, 1.807) is 4.57 Å². The van der Waals surface area contributed by atoms with Gasteiger partial charge in [-0.3, -0.25) is 19.1 Å². The van der Waals surface area contributed by atoms with Gasteiger partial charge in [-0.05, 0) is 64.8 Å². The lowest BCUT2D eigenvalue weighted by Gasteiger charge is -2.31. The Morgan fingerprint density at radius 2 is 1.71 bits per heavy atom. The fourth-order valence-electron chi connectivity index (χ4n) is 4.76. The highest BCUT2D eigenvalue weighted by Crippen LogP contribution is 2.31. The van der Waals surface area contributed by atoms with Gasteiger partial charge < -0.3 is 4.90 Å². The van der Waals surface area contributed by atoms with E-state index in [9.17, 15) is 9.59 Å². The summed E-state index contributed by atoms with van der Waals surface area (Å²) in [7, 11) is 0. The number of fused-ring (bicyclic) bond motifs is 2. The van der Waals surface area contributed by atoms with Gasteiger partial charge in [0.05, 0.1) is 16.2 Å². The summed E-state index contributed by atoms with van der Waals surface area (Å²) in [5, 5.41) is 0.848. The number of aromatic nitrogens is 2. The topological polar surface area (TPSA) is 58.4 Å². The molecule has 2 heterocycles. The summed E-state index contributed by atoms with van der Waals surface area (Å²) >= 11 is 1.38. The van der Waals surface area contributed by atoms with E-state index in [0.717, 1.165) is 18.7 Å². The number of hydrogen-bond acceptors (Lipinski definition) is 5. The lowest BCUT2D eigenvalue weighted by molar-refractivity contribution is -0.117. The highest BCUT2D eigenvalue weighted by atomic mass is 32.2. The van der Waals surface area contributed by atoms with Gasteiger partial charge in [0.15, 0.2) is 5.16 Å². The van der Waals surface area contributed by atoms with Crippen LogP contribution in [0.2, 0.25) is 0 Å². The van der Waals surface area contributed by atoms with Gasteiger partial charge in [-0.2, -0.15) is 0 Å². The Hall–Kier alpha value is -2.64. The zero-order chi connectivity index (χ0) is 24.4. The Labute approximate surface area is 206 Å². The number of thioether (sulfide) groups is 1. The van der Waals surface area contributed by atoms with Gasteiger partial charge in [-0.1, -0.05) is 42.1 Å². The number of amides is 1. The van der Waals surface area contributed by atoms with Crippen LogP contribution in [-0.4, -0.2) is 50.8 Å². The van der Waals surface area contributed by atoms with Crippen molar-refractivity contribution in [1.82, 2.24) is 14.5 Å². The molecule has 34 heavy (non-hydrogen) atoms. The number of nitrogens with zero attached hydrogens (tertiary/aromatic N) is 4. The molecule has 3 aromatic rings. The minimum Gasteiger partial charge on any atom is -0.311 e. The number of benzene rings is 2. The van der Waals surface area contributed by atoms with E-state index in [4.69, 9.17) is 4.98 Å². The molecule has 0 radical (unpaired) electrons. The maximum Gasteiger partial charge on any atom is 0.262 e. The fraction of sp³-hybridized carbons (Fsp3) is 0.444. The van der Waals surface area contributed by atoms with Crippen LogP contribution >= 0.6 is 11.8 Å². The summed E-state index contributed by atoms with van der Waals surface area (Å²) in [5.41, 5.74) is 2.82. The second kappa shape index (κ2) is 10.3. The molecule has 0 fully saturated rings. The van der Waals surface area contributed by atoms with Gasteiger partial charge in [-0.15, -0.1) is 0 Å². The van der Waals surface area contributed by atoms with E-state index in [1.165, 1.54) is 17.3 Å². The third-order valence-corrected chi connectivity index (χ3v) is 7.60. The molecule has 1 unspecified atom stereocenters. The minimum atomic E-state index is -0.364. The zero-order valence-corrected chi connectivity index (χ0v) is 21.5. The third kappa shape index (κ3) is 4.91. The van der Waals surface area contributed by atoms with E-state index in [2.05, 4.69) is 38.7 Å². The third-order valence-electron chi connectivity index (χ3n) is 6.52. The van der Waals surface area contributed by atoms with E-state index < -0.39 is 0 Å². The maximum absolute atomic E-state index is 13.5. The van der Waals surface area contributed by atoms with Gasteiger partial charge in [0.1, 0.15) is 0 Å². The van der Waals surface area contributed by atoms with Crippen molar-refractivity contribution in [2.75, 3.05) is 18.0 Å². The van der Waals surface area contributed by atoms with Gasteiger partial charge >= 0.3 is 0 Å². The molecule has 180 valence electrons. The van der Waals surface area contributed by atoms with E-state index in [0.29, 0.717) is 41.2 Å². The van der Waals surface area contributed by atoms with Crippen molar-refractivity contribution < 1.29 is 4.79 Å². The summed E-state index contributed by atoms with van der Waals surface area (Å²) in [4.78, 5) is 35.9. The predicted molar refractivity (Wildman–Crippen MR) is 141 cm³/mol. The molecule has 0 saturated carbocycles. The number of carbonyl (C=O) groups is 1. The Morgan fingerprint density at radius 3 is 2.44 bits per heavy atom. The molecule has 2 aromatic carbocycles. The average molecular weight is 479 g/mol. The van der Waals surface area contributed by atoms with Crippen molar-refractivity contribution in [2.24, 2.45) is 0 Å². The first-order valence-corrected chi connectivity index (χ1v) is 13.0. The predicted octanol–water partition coefficient (Wildman–Crippen LogP) is 4.59. The second-order valence-corrected chi connectivity index (χ2v) is 10.7. The Morgan fingerprint density at radius 1 is 1.03 bits per heavy atom. The lowest BCUT2D eigenvalue weighted by atomic mass is 10.2.